The van der Waals surface area contributed by atoms with Crippen molar-refractivity contribution in [3.63, 3.8) is 0 Å². The number of rotatable bonds is 4. The molecule has 2 amide bonds. The Morgan fingerprint density at radius 1 is 1.15 bits per heavy atom. The summed E-state index contributed by atoms with van der Waals surface area (Å²) in [5.74, 6) is 5.75. The quantitative estimate of drug-likeness (QED) is 0.794. The number of amides is 2. The van der Waals surface area contributed by atoms with Crippen LogP contribution in [0.1, 0.15) is 16.7 Å². The van der Waals surface area contributed by atoms with Crippen molar-refractivity contribution in [2.75, 3.05) is 24.5 Å². The van der Waals surface area contributed by atoms with Gasteiger partial charge in [0.15, 0.2) is 0 Å². The summed E-state index contributed by atoms with van der Waals surface area (Å²) in [5, 5.41) is 2.75. The van der Waals surface area contributed by atoms with Crippen molar-refractivity contribution in [2.24, 2.45) is 0 Å². The highest BCUT2D eigenvalue weighted by Crippen LogP contribution is 2.17. The summed E-state index contributed by atoms with van der Waals surface area (Å²) in [5.41, 5.74) is 3.29. The van der Waals surface area contributed by atoms with Crippen LogP contribution in [0.2, 0.25) is 0 Å². The number of nitrogens with zero attached hydrogens (tertiary/aromatic N) is 1. The van der Waals surface area contributed by atoms with Crippen molar-refractivity contribution in [3.8, 4) is 11.8 Å². The number of anilines is 1. The molecule has 0 atom stereocenters. The fourth-order valence-electron chi connectivity index (χ4n) is 2.90. The average Bonchev–Trinajstić information content (AvgIpc) is 3.05. The topological polar surface area (TPSA) is 78.5 Å². The molecule has 0 spiro atoms. The number of nitrogens with one attached hydrogen (secondary N) is 2. The molecule has 1 aliphatic rings. The summed E-state index contributed by atoms with van der Waals surface area (Å²) in [4.78, 5) is 13.6. The number of sulfonamides is 1. The van der Waals surface area contributed by atoms with E-state index in [1.165, 1.54) is 0 Å². The molecule has 7 heteroatoms. The maximum absolute atomic E-state index is 12.4. The third kappa shape index (κ3) is 4.48. The number of carbonyl (C=O) groups is 1. The Morgan fingerprint density at radius 2 is 1.89 bits per heavy atom. The van der Waals surface area contributed by atoms with Gasteiger partial charge in [-0.3, -0.25) is 4.90 Å². The summed E-state index contributed by atoms with van der Waals surface area (Å²) in [6.07, 6.45) is 0. The molecule has 27 heavy (non-hydrogen) atoms. The Morgan fingerprint density at radius 3 is 2.52 bits per heavy atom. The Labute approximate surface area is 159 Å². The second-order valence-electron chi connectivity index (χ2n) is 6.33. The van der Waals surface area contributed by atoms with Crippen LogP contribution in [0.3, 0.4) is 0 Å². The molecular weight excluding hydrogens is 362 g/mol. The van der Waals surface area contributed by atoms with Crippen molar-refractivity contribution in [1.29, 1.82) is 0 Å². The standard InChI is InChI=1S/C20H21N3O3S/c1-15-5-10-19(16(2)14-15)27(25,26)22-11-3-4-17-6-8-18(9-7-17)23-13-12-21-20(23)24/h5-10,14,22H,11-13H2,1-2H3,(H,21,24). The Bertz CT molecular complexity index is 1020. The highest BCUT2D eigenvalue weighted by molar-refractivity contribution is 7.89. The molecule has 1 fully saturated rings. The molecule has 3 rings (SSSR count). The van der Waals surface area contributed by atoms with Gasteiger partial charge in [0.05, 0.1) is 11.4 Å². The Hall–Kier alpha value is -2.82. The van der Waals surface area contributed by atoms with E-state index in [1.54, 1.807) is 24.0 Å². The van der Waals surface area contributed by atoms with Crippen LogP contribution in [0.15, 0.2) is 47.4 Å². The van der Waals surface area contributed by atoms with Crippen LogP contribution in [0, 0.1) is 25.7 Å². The molecule has 1 saturated heterocycles. The smallest absolute Gasteiger partial charge is 0.321 e. The predicted molar refractivity (Wildman–Crippen MR) is 105 cm³/mol. The first-order chi connectivity index (χ1) is 12.9. The minimum Gasteiger partial charge on any atom is -0.336 e. The minimum atomic E-state index is -3.59. The molecule has 2 aromatic carbocycles. The fraction of sp³-hybridized carbons (Fsp3) is 0.250. The zero-order valence-corrected chi connectivity index (χ0v) is 16.1. The van der Waals surface area contributed by atoms with E-state index in [2.05, 4.69) is 21.9 Å². The number of carbonyl (C=O) groups excluding carboxylic acids is 1. The number of benzene rings is 2. The first-order valence-corrected chi connectivity index (χ1v) is 10.1. The molecule has 0 saturated carbocycles. The molecule has 0 bridgehead atoms. The van der Waals surface area contributed by atoms with Crippen molar-refractivity contribution in [2.45, 2.75) is 18.7 Å². The lowest BCUT2D eigenvalue weighted by atomic mass is 10.2. The van der Waals surface area contributed by atoms with Gasteiger partial charge in [-0.2, -0.15) is 4.72 Å². The van der Waals surface area contributed by atoms with E-state index in [9.17, 15) is 13.2 Å². The van der Waals surface area contributed by atoms with Gasteiger partial charge in [-0.15, -0.1) is 0 Å². The Balaban J connectivity index is 1.62. The van der Waals surface area contributed by atoms with Crippen LogP contribution in [0.5, 0.6) is 0 Å². The Kier molecular flexibility index (Phi) is 5.49. The molecule has 1 heterocycles. The second kappa shape index (κ2) is 7.82. The van der Waals surface area contributed by atoms with Gasteiger partial charge in [0.2, 0.25) is 10.0 Å². The van der Waals surface area contributed by atoms with Crippen molar-refractivity contribution >= 4 is 21.7 Å². The van der Waals surface area contributed by atoms with Crippen LogP contribution in [-0.4, -0.2) is 34.1 Å². The van der Waals surface area contributed by atoms with E-state index >= 15 is 0 Å². The molecule has 0 unspecified atom stereocenters. The van der Waals surface area contributed by atoms with Crippen LogP contribution in [-0.2, 0) is 10.0 Å². The van der Waals surface area contributed by atoms with E-state index < -0.39 is 10.0 Å². The van der Waals surface area contributed by atoms with E-state index in [0.29, 0.717) is 18.7 Å². The molecule has 140 valence electrons. The molecule has 2 aromatic rings. The highest BCUT2D eigenvalue weighted by atomic mass is 32.2. The number of urea groups is 1. The lowest BCUT2D eigenvalue weighted by Crippen LogP contribution is -2.27. The van der Waals surface area contributed by atoms with Crippen molar-refractivity contribution in [1.82, 2.24) is 10.0 Å². The van der Waals surface area contributed by atoms with Gasteiger partial charge in [-0.1, -0.05) is 29.5 Å². The molecule has 0 radical (unpaired) electrons. The second-order valence-corrected chi connectivity index (χ2v) is 8.06. The highest BCUT2D eigenvalue weighted by Gasteiger charge is 2.20. The first kappa shape index (κ1) is 19.0. The van der Waals surface area contributed by atoms with Gasteiger partial charge in [-0.25, -0.2) is 13.2 Å². The van der Waals surface area contributed by atoms with E-state index in [4.69, 9.17) is 0 Å². The molecule has 0 aliphatic carbocycles. The zero-order chi connectivity index (χ0) is 19.4. The third-order valence-electron chi connectivity index (χ3n) is 4.24. The lowest BCUT2D eigenvalue weighted by molar-refractivity contribution is 0.252. The maximum atomic E-state index is 12.4. The SMILES string of the molecule is Cc1ccc(S(=O)(=O)NCC#Cc2ccc(N3CCNC3=O)cc2)c(C)c1. The van der Waals surface area contributed by atoms with Gasteiger partial charge in [-0.05, 0) is 49.7 Å². The van der Waals surface area contributed by atoms with Gasteiger partial charge in [0.25, 0.3) is 0 Å². The summed E-state index contributed by atoms with van der Waals surface area (Å²) >= 11 is 0. The van der Waals surface area contributed by atoms with Gasteiger partial charge < -0.3 is 5.32 Å². The zero-order valence-electron chi connectivity index (χ0n) is 15.2. The molecule has 1 aliphatic heterocycles. The van der Waals surface area contributed by atoms with Gasteiger partial charge >= 0.3 is 6.03 Å². The van der Waals surface area contributed by atoms with E-state index in [-0.39, 0.29) is 17.5 Å². The van der Waals surface area contributed by atoms with Crippen molar-refractivity contribution in [3.05, 3.63) is 59.2 Å². The summed E-state index contributed by atoms with van der Waals surface area (Å²) in [6, 6.07) is 12.4. The third-order valence-corrected chi connectivity index (χ3v) is 5.80. The normalized spacial score (nSPS) is 13.9. The van der Waals surface area contributed by atoms with Crippen LogP contribution >= 0.6 is 0 Å². The maximum Gasteiger partial charge on any atom is 0.321 e. The number of aryl methyl sites for hydroxylation is 2. The largest absolute Gasteiger partial charge is 0.336 e. The minimum absolute atomic E-state index is 0.0198. The summed E-state index contributed by atoms with van der Waals surface area (Å²) in [6.45, 7) is 5.00. The van der Waals surface area contributed by atoms with Crippen LogP contribution in [0.4, 0.5) is 10.5 Å². The molecule has 6 nitrogen and oxygen atoms in total. The summed E-state index contributed by atoms with van der Waals surface area (Å²) < 4.78 is 27.3. The number of hydrogen-bond donors (Lipinski definition) is 2. The van der Waals surface area contributed by atoms with Crippen LogP contribution in [0.25, 0.3) is 0 Å². The predicted octanol–water partition coefficient (Wildman–Crippen LogP) is 2.16. The monoisotopic (exact) mass is 383 g/mol. The van der Waals surface area contributed by atoms with Gasteiger partial charge in [0.1, 0.15) is 0 Å². The number of hydrogen-bond acceptors (Lipinski definition) is 3. The summed E-state index contributed by atoms with van der Waals surface area (Å²) in [7, 11) is -3.59. The average molecular weight is 383 g/mol. The lowest BCUT2D eigenvalue weighted by Gasteiger charge is -2.13. The van der Waals surface area contributed by atoms with Crippen LogP contribution < -0.4 is 14.9 Å². The fourth-order valence-corrected chi connectivity index (χ4v) is 4.05. The van der Waals surface area contributed by atoms with Gasteiger partial charge in [0, 0.05) is 24.3 Å². The van der Waals surface area contributed by atoms with E-state index in [0.717, 1.165) is 16.8 Å². The first-order valence-electron chi connectivity index (χ1n) is 8.58. The molecular formula is C20H21N3O3S. The molecule has 2 N–H and O–H groups in total. The molecule has 0 aromatic heterocycles. The van der Waals surface area contributed by atoms with Crippen molar-refractivity contribution < 1.29 is 13.2 Å². The van der Waals surface area contributed by atoms with E-state index in [1.807, 2.05) is 37.3 Å².